The maximum Gasteiger partial charge on any atom is 0.152 e. The van der Waals surface area contributed by atoms with Crippen molar-refractivity contribution < 1.29 is 4.74 Å². The molecule has 1 atom stereocenters. The highest BCUT2D eigenvalue weighted by Gasteiger charge is 2.50. The number of benzene rings is 9. The van der Waals surface area contributed by atoms with E-state index < -0.39 is 10.8 Å². The Morgan fingerprint density at radius 2 is 0.812 bits per heavy atom. The summed E-state index contributed by atoms with van der Waals surface area (Å²) in [7, 11) is 0. The van der Waals surface area contributed by atoms with Crippen molar-refractivity contribution in [1.29, 1.82) is 0 Å². The van der Waals surface area contributed by atoms with Crippen molar-refractivity contribution >= 4 is 42.3 Å². The second-order valence-electron chi connectivity index (χ2n) is 17.7. The van der Waals surface area contributed by atoms with E-state index in [9.17, 15) is 0 Å². The van der Waals surface area contributed by atoms with Gasteiger partial charge in [-0.25, -0.2) is 0 Å². The summed E-state index contributed by atoms with van der Waals surface area (Å²) in [4.78, 5) is 3.37. The number of nitrogens with zero attached hydrogens (tertiary/aromatic N) is 1. The lowest BCUT2D eigenvalue weighted by Gasteiger charge is -2.38. The maximum absolute atomic E-state index is 7.31. The van der Waals surface area contributed by atoms with Crippen molar-refractivity contribution in [2.75, 3.05) is 4.90 Å². The van der Waals surface area contributed by atoms with Gasteiger partial charge in [0.2, 0.25) is 0 Å². The highest BCUT2D eigenvalue weighted by atomic mass is 32.1. The average Bonchev–Trinajstić information content (AvgIpc) is 3.78. The molecule has 2 aliphatic carbocycles. The van der Waals surface area contributed by atoms with Crippen molar-refractivity contribution in [3.05, 3.63) is 261 Å². The number of rotatable bonds is 6. The predicted octanol–water partition coefficient (Wildman–Crippen LogP) is 15.6. The largest absolute Gasteiger partial charge is 0.453 e. The maximum atomic E-state index is 7.31. The molecule has 0 saturated heterocycles. The summed E-state index contributed by atoms with van der Waals surface area (Å²) in [5.41, 5.74) is 21.4. The first-order valence-corrected chi connectivity index (χ1v) is 23.1. The Hall–Kier alpha value is -6.72. The standard InChI is InChI=1S/C60H45NOS2/c1-37-12-20-41(21-13-37)59(42-22-14-38(2)15-23-42)51-10-6-4-8-47(51)49-32-57-55(34-53(49)59)61(45-28-16-39(3)17-29-45)56-35-54-50(33-58(56)62-57)48-9-5-7-11-52(48)60(54,44-26-30-46(64)31-27-44)43-24-18-40(36-63)19-25-43/h4-35,63-64H,36H2,1-3H3. The van der Waals surface area contributed by atoms with Crippen LogP contribution in [-0.4, -0.2) is 0 Å². The van der Waals surface area contributed by atoms with Gasteiger partial charge in [-0.2, -0.15) is 12.6 Å². The smallest absolute Gasteiger partial charge is 0.152 e. The fourth-order valence-electron chi connectivity index (χ4n) is 11.1. The summed E-state index contributed by atoms with van der Waals surface area (Å²) in [5, 5.41) is 0. The van der Waals surface area contributed by atoms with Crippen LogP contribution >= 0.6 is 25.3 Å². The summed E-state index contributed by atoms with van der Waals surface area (Å²) in [6.07, 6.45) is 0. The van der Waals surface area contributed by atoms with Crippen LogP contribution in [0.3, 0.4) is 0 Å². The Morgan fingerprint density at radius 3 is 1.25 bits per heavy atom. The van der Waals surface area contributed by atoms with Crippen molar-refractivity contribution in [1.82, 2.24) is 0 Å². The molecule has 0 fully saturated rings. The zero-order valence-electron chi connectivity index (χ0n) is 35.9. The Kier molecular flexibility index (Phi) is 8.92. The molecule has 1 heterocycles. The van der Waals surface area contributed by atoms with Gasteiger partial charge in [-0.1, -0.05) is 162 Å². The highest BCUT2D eigenvalue weighted by molar-refractivity contribution is 7.80. The molecule has 4 heteroatoms. The van der Waals surface area contributed by atoms with Gasteiger partial charge in [-0.05, 0) is 142 Å². The van der Waals surface area contributed by atoms with Crippen LogP contribution in [0.5, 0.6) is 11.5 Å². The third-order valence-electron chi connectivity index (χ3n) is 14.1. The van der Waals surface area contributed by atoms with E-state index >= 15 is 0 Å². The van der Waals surface area contributed by atoms with Gasteiger partial charge in [0.25, 0.3) is 0 Å². The van der Waals surface area contributed by atoms with Crippen LogP contribution in [-0.2, 0) is 16.6 Å². The average molecular weight is 860 g/mol. The van der Waals surface area contributed by atoms with Crippen LogP contribution < -0.4 is 9.64 Å². The predicted molar refractivity (Wildman–Crippen MR) is 270 cm³/mol. The molecule has 1 aliphatic heterocycles. The van der Waals surface area contributed by atoms with Crippen LogP contribution in [0, 0.1) is 20.8 Å². The molecule has 0 amide bonds. The first-order chi connectivity index (χ1) is 31.3. The zero-order chi connectivity index (χ0) is 43.3. The number of anilines is 3. The fourth-order valence-corrected chi connectivity index (χ4v) is 11.4. The molecule has 0 aromatic heterocycles. The second kappa shape index (κ2) is 14.7. The molecule has 0 bridgehead atoms. The van der Waals surface area contributed by atoms with Gasteiger partial charge in [-0.15, -0.1) is 12.6 Å². The monoisotopic (exact) mass is 859 g/mol. The van der Waals surface area contributed by atoms with Gasteiger partial charge in [0.05, 0.1) is 22.2 Å². The molecule has 0 saturated carbocycles. The summed E-state index contributed by atoms with van der Waals surface area (Å²) in [6, 6.07) is 72.4. The lowest BCUT2D eigenvalue weighted by molar-refractivity contribution is 0.476. The van der Waals surface area contributed by atoms with E-state index in [2.05, 4.69) is 232 Å². The molecule has 1 unspecified atom stereocenters. The number of thiol groups is 2. The third-order valence-corrected chi connectivity index (χ3v) is 14.7. The second-order valence-corrected chi connectivity index (χ2v) is 18.6. The van der Waals surface area contributed by atoms with E-state index in [4.69, 9.17) is 17.4 Å². The van der Waals surface area contributed by atoms with Crippen LogP contribution in [0.25, 0.3) is 22.3 Å². The topological polar surface area (TPSA) is 12.5 Å². The Bertz CT molecular complexity index is 3250. The number of hydrogen-bond donors (Lipinski definition) is 2. The number of fused-ring (bicyclic) bond motifs is 8. The minimum atomic E-state index is -0.623. The fraction of sp³-hybridized carbons (Fsp3) is 0.100. The van der Waals surface area contributed by atoms with Crippen LogP contribution in [0.1, 0.15) is 66.8 Å². The lowest BCUT2D eigenvalue weighted by Crippen LogP contribution is -2.29. The molecule has 9 aromatic rings. The first kappa shape index (κ1) is 38.9. The van der Waals surface area contributed by atoms with Gasteiger partial charge in [0.15, 0.2) is 11.5 Å². The first-order valence-electron chi connectivity index (χ1n) is 22.0. The molecule has 12 rings (SSSR count). The van der Waals surface area contributed by atoms with Crippen LogP contribution in [0.2, 0.25) is 0 Å². The Labute approximate surface area is 386 Å². The molecule has 0 spiro atoms. The molecule has 2 nitrogen and oxygen atoms in total. The van der Waals surface area contributed by atoms with Crippen molar-refractivity contribution in [2.24, 2.45) is 0 Å². The molecular weight excluding hydrogens is 815 g/mol. The molecule has 3 aliphatic rings. The van der Waals surface area contributed by atoms with Crippen molar-refractivity contribution in [3.8, 4) is 33.8 Å². The van der Waals surface area contributed by atoms with E-state index in [1.807, 2.05) is 0 Å². The van der Waals surface area contributed by atoms with Gasteiger partial charge in [0, 0.05) is 16.3 Å². The third kappa shape index (κ3) is 5.55. The van der Waals surface area contributed by atoms with E-state index in [1.54, 1.807) is 0 Å². The summed E-state index contributed by atoms with van der Waals surface area (Å²) < 4.78 is 7.31. The molecule has 0 radical (unpaired) electrons. The van der Waals surface area contributed by atoms with E-state index in [0.29, 0.717) is 5.75 Å². The highest BCUT2D eigenvalue weighted by Crippen LogP contribution is 2.64. The van der Waals surface area contributed by atoms with Gasteiger partial charge in [0.1, 0.15) is 0 Å². The molecule has 0 N–H and O–H groups in total. The quantitative estimate of drug-likeness (QED) is 0.162. The SMILES string of the molecule is Cc1ccc(N2c3cc4c(cc3Oc3cc5c(cc32)C(c2ccc(S)cc2)(c2ccc(CS)cc2)c2ccccc2-5)-c2ccccc2C4(c2ccc(C)cc2)c2ccc(C)cc2)cc1. The van der Waals surface area contributed by atoms with E-state index in [1.165, 1.54) is 89.0 Å². The Morgan fingerprint density at radius 1 is 0.422 bits per heavy atom. The molecular formula is C60H45NOS2. The summed E-state index contributed by atoms with van der Waals surface area (Å²) in [5.74, 6) is 2.33. The molecule has 64 heavy (non-hydrogen) atoms. The number of aryl methyl sites for hydroxylation is 3. The molecule has 9 aromatic carbocycles. The van der Waals surface area contributed by atoms with Crippen molar-refractivity contribution in [3.63, 3.8) is 0 Å². The summed E-state index contributed by atoms with van der Waals surface area (Å²) in [6.45, 7) is 6.49. The summed E-state index contributed by atoms with van der Waals surface area (Å²) >= 11 is 9.40. The van der Waals surface area contributed by atoms with E-state index in [0.717, 1.165) is 33.5 Å². The lowest BCUT2D eigenvalue weighted by atomic mass is 9.67. The van der Waals surface area contributed by atoms with Crippen LogP contribution in [0.15, 0.2) is 199 Å². The molecule has 308 valence electrons. The Balaban J connectivity index is 1.16. The van der Waals surface area contributed by atoms with Crippen molar-refractivity contribution in [2.45, 2.75) is 42.2 Å². The zero-order valence-corrected chi connectivity index (χ0v) is 37.7. The van der Waals surface area contributed by atoms with Gasteiger partial charge in [-0.3, -0.25) is 0 Å². The van der Waals surface area contributed by atoms with Crippen LogP contribution in [0.4, 0.5) is 17.1 Å². The minimum absolute atomic E-state index is 0.575. The van der Waals surface area contributed by atoms with Gasteiger partial charge < -0.3 is 9.64 Å². The van der Waals surface area contributed by atoms with E-state index in [-0.39, 0.29) is 0 Å². The van der Waals surface area contributed by atoms with Gasteiger partial charge >= 0.3 is 0 Å². The minimum Gasteiger partial charge on any atom is -0.453 e. The number of hydrogen-bond acceptors (Lipinski definition) is 4. The normalized spacial score (nSPS) is 15.9. The number of ether oxygens (including phenoxy) is 1.